The number of halogens is 1. The molecule has 3 heterocycles. The fourth-order valence-corrected chi connectivity index (χ4v) is 7.31. The molecular formula is C32H44ClN6O3P. The summed E-state index contributed by atoms with van der Waals surface area (Å²) in [5.41, 5.74) is 6.12. The largest absolute Gasteiger partial charge is 0.494 e. The Bertz CT molecular complexity index is 1500. The highest BCUT2D eigenvalue weighted by Gasteiger charge is 2.29. The fourth-order valence-electron chi connectivity index (χ4n) is 5.97. The molecule has 1 unspecified atom stereocenters. The number of aryl methyl sites for hydroxylation is 3. The third-order valence-corrected chi connectivity index (χ3v) is 10.4. The molecule has 2 saturated heterocycles. The highest BCUT2D eigenvalue weighted by atomic mass is 35.5. The van der Waals surface area contributed by atoms with Gasteiger partial charge in [0.1, 0.15) is 17.9 Å². The molecule has 1 atom stereocenters. The number of nitrogens with zero attached hydrogens (tertiary/aromatic N) is 3. The average Bonchev–Trinajstić information content (AvgIpc) is 3.00. The summed E-state index contributed by atoms with van der Waals surface area (Å²) in [5, 5.41) is 11.3. The van der Waals surface area contributed by atoms with Crippen molar-refractivity contribution in [2.24, 2.45) is 5.92 Å². The summed E-state index contributed by atoms with van der Waals surface area (Å²) >= 11 is 6.53. The van der Waals surface area contributed by atoms with Crippen LogP contribution in [0.5, 0.6) is 5.75 Å². The quantitative estimate of drug-likeness (QED) is 0.238. The van der Waals surface area contributed by atoms with Crippen LogP contribution in [0.2, 0.25) is 5.02 Å². The van der Waals surface area contributed by atoms with Gasteiger partial charge in [-0.3, -0.25) is 0 Å². The number of morpholine rings is 1. The summed E-state index contributed by atoms with van der Waals surface area (Å²) in [4.78, 5) is 11.6. The first-order valence-electron chi connectivity index (χ1n) is 15.1. The van der Waals surface area contributed by atoms with E-state index in [0.29, 0.717) is 28.8 Å². The zero-order valence-electron chi connectivity index (χ0n) is 26.1. The Morgan fingerprint density at radius 1 is 1.12 bits per heavy atom. The molecule has 9 nitrogen and oxygen atoms in total. The molecule has 3 N–H and O–H groups in total. The van der Waals surface area contributed by atoms with Crippen molar-refractivity contribution >= 4 is 52.9 Å². The van der Waals surface area contributed by atoms with E-state index < -0.39 is 7.14 Å². The summed E-state index contributed by atoms with van der Waals surface area (Å²) in [6.07, 6.45) is 4.98. The van der Waals surface area contributed by atoms with Crippen LogP contribution in [-0.4, -0.2) is 69.3 Å². The Morgan fingerprint density at radius 3 is 2.51 bits per heavy atom. The van der Waals surface area contributed by atoms with Crippen molar-refractivity contribution in [3.05, 3.63) is 52.2 Å². The average molecular weight is 627 g/mol. The topological polar surface area (TPSA) is 101 Å². The van der Waals surface area contributed by atoms with Gasteiger partial charge in [-0.2, -0.15) is 4.98 Å². The maximum Gasteiger partial charge on any atom is 0.229 e. The van der Waals surface area contributed by atoms with Gasteiger partial charge in [-0.05, 0) is 87.2 Å². The molecule has 0 spiro atoms. The Morgan fingerprint density at radius 2 is 1.86 bits per heavy atom. The van der Waals surface area contributed by atoms with Gasteiger partial charge in [-0.25, -0.2) is 4.98 Å². The van der Waals surface area contributed by atoms with Crippen LogP contribution < -0.4 is 30.9 Å². The fraction of sp³-hybridized carbons (Fsp3) is 0.500. The molecule has 0 aliphatic carbocycles. The summed E-state index contributed by atoms with van der Waals surface area (Å²) in [5.74, 6) is 2.12. The molecular weight excluding hydrogens is 583 g/mol. The molecule has 0 saturated carbocycles. The lowest BCUT2D eigenvalue weighted by atomic mass is 9.90. The van der Waals surface area contributed by atoms with E-state index in [4.69, 9.17) is 26.1 Å². The van der Waals surface area contributed by atoms with Gasteiger partial charge in [-0.1, -0.05) is 18.5 Å². The second-order valence-electron chi connectivity index (χ2n) is 11.9. The van der Waals surface area contributed by atoms with Gasteiger partial charge in [0, 0.05) is 43.2 Å². The Hall–Kier alpha value is -2.84. The Labute approximate surface area is 260 Å². The highest BCUT2D eigenvalue weighted by molar-refractivity contribution is 7.70. The minimum absolute atomic E-state index is 0.316. The van der Waals surface area contributed by atoms with Crippen molar-refractivity contribution in [3.8, 4) is 5.75 Å². The Kier molecular flexibility index (Phi) is 9.86. The van der Waals surface area contributed by atoms with E-state index in [1.165, 1.54) is 11.3 Å². The Balaban J connectivity index is 1.37. The number of nitrogens with one attached hydrogen (secondary N) is 3. The van der Waals surface area contributed by atoms with Crippen LogP contribution in [0.25, 0.3) is 0 Å². The van der Waals surface area contributed by atoms with Crippen LogP contribution in [0.3, 0.4) is 0 Å². The van der Waals surface area contributed by atoms with Crippen molar-refractivity contribution in [2.75, 3.05) is 68.8 Å². The monoisotopic (exact) mass is 626 g/mol. The van der Waals surface area contributed by atoms with Crippen LogP contribution in [0.1, 0.15) is 36.5 Å². The minimum atomic E-state index is -2.56. The zero-order valence-corrected chi connectivity index (χ0v) is 27.7. The lowest BCUT2D eigenvalue weighted by Crippen LogP contribution is -2.46. The predicted molar refractivity (Wildman–Crippen MR) is 179 cm³/mol. The summed E-state index contributed by atoms with van der Waals surface area (Å²) in [7, 11) is -0.882. The molecule has 1 aromatic heterocycles. The van der Waals surface area contributed by atoms with Crippen LogP contribution in [0, 0.1) is 19.8 Å². The first-order valence-corrected chi connectivity index (χ1v) is 18.1. The third-order valence-electron chi connectivity index (χ3n) is 8.58. The molecule has 11 heteroatoms. The maximum atomic E-state index is 13.1. The van der Waals surface area contributed by atoms with Gasteiger partial charge < -0.3 is 34.9 Å². The van der Waals surface area contributed by atoms with Gasteiger partial charge in [0.2, 0.25) is 5.95 Å². The van der Waals surface area contributed by atoms with Crippen molar-refractivity contribution in [3.63, 3.8) is 0 Å². The third kappa shape index (κ3) is 7.28. The van der Waals surface area contributed by atoms with Crippen molar-refractivity contribution in [2.45, 2.75) is 46.1 Å². The van der Waals surface area contributed by atoms with E-state index in [-0.39, 0.29) is 0 Å². The van der Waals surface area contributed by atoms with E-state index in [2.05, 4.69) is 44.9 Å². The maximum absolute atomic E-state index is 13.1. The molecule has 2 fully saturated rings. The zero-order chi connectivity index (χ0) is 30.7. The molecule has 2 aromatic carbocycles. The van der Waals surface area contributed by atoms with Crippen molar-refractivity contribution < 1.29 is 14.0 Å². The molecule has 5 rings (SSSR count). The number of anilines is 5. The minimum Gasteiger partial charge on any atom is -0.494 e. The number of ether oxygens (including phenoxy) is 2. The van der Waals surface area contributed by atoms with Gasteiger partial charge in [0.15, 0.2) is 5.82 Å². The van der Waals surface area contributed by atoms with Gasteiger partial charge >= 0.3 is 0 Å². The first kappa shape index (κ1) is 31.6. The van der Waals surface area contributed by atoms with E-state index in [9.17, 15) is 4.57 Å². The van der Waals surface area contributed by atoms with E-state index in [0.717, 1.165) is 85.6 Å². The number of rotatable bonds is 9. The van der Waals surface area contributed by atoms with Gasteiger partial charge in [-0.15, -0.1) is 0 Å². The number of hydrogen-bond donors (Lipinski definition) is 3. The van der Waals surface area contributed by atoms with Crippen LogP contribution in [0.15, 0.2) is 30.5 Å². The second kappa shape index (κ2) is 13.4. The van der Waals surface area contributed by atoms with E-state index >= 15 is 0 Å². The molecule has 2 aliphatic heterocycles. The van der Waals surface area contributed by atoms with Gasteiger partial charge in [0.05, 0.1) is 37.4 Å². The molecule has 2 aliphatic rings. The number of methoxy groups -OCH3 is 1. The van der Waals surface area contributed by atoms with Crippen LogP contribution in [0.4, 0.5) is 28.8 Å². The number of hydrogen-bond acceptors (Lipinski definition) is 9. The van der Waals surface area contributed by atoms with Gasteiger partial charge in [0.25, 0.3) is 0 Å². The molecule has 0 bridgehead atoms. The molecule has 0 radical (unpaired) electrons. The SMILES string of the molecule is CCc1cc(Nc2ncc(Cl)c(Nc3cc(C)c(C)cc3P(C)(C)=O)n2)c(OC)cc1N1CCC(C2CNCCO2)CC1. The van der Waals surface area contributed by atoms with E-state index in [1.54, 1.807) is 26.6 Å². The molecule has 0 amide bonds. The van der Waals surface area contributed by atoms with Crippen LogP contribution in [-0.2, 0) is 15.7 Å². The summed E-state index contributed by atoms with van der Waals surface area (Å²) < 4.78 is 25.0. The summed E-state index contributed by atoms with van der Waals surface area (Å²) in [6, 6.07) is 8.23. The standard InChI is InChI=1S/C32H44ClN6O3P/c1-7-22-16-25(28(41-4)17-27(22)39-11-8-23(9-12-39)29-19-34-10-13-42-29)37-32-35-18-24(33)31(38-32)36-26-14-20(2)21(3)15-30(26)43(5,6)40/h14-18,23,29,34H,7-13,19H2,1-6H3,(H2,35,36,37,38). The van der Waals surface area contributed by atoms with E-state index in [1.807, 2.05) is 26.0 Å². The smallest absolute Gasteiger partial charge is 0.229 e. The van der Waals surface area contributed by atoms with Crippen LogP contribution >= 0.6 is 18.7 Å². The summed E-state index contributed by atoms with van der Waals surface area (Å²) in [6.45, 7) is 14.4. The van der Waals surface area contributed by atoms with Crippen molar-refractivity contribution in [1.82, 2.24) is 15.3 Å². The van der Waals surface area contributed by atoms with Crippen molar-refractivity contribution in [1.29, 1.82) is 0 Å². The molecule has 3 aromatic rings. The predicted octanol–water partition coefficient (Wildman–Crippen LogP) is 6.26. The molecule has 43 heavy (non-hydrogen) atoms. The number of piperidine rings is 1. The lowest BCUT2D eigenvalue weighted by molar-refractivity contribution is -0.0155. The normalized spacial score (nSPS) is 18.0. The highest BCUT2D eigenvalue weighted by Crippen LogP contribution is 2.41. The second-order valence-corrected chi connectivity index (χ2v) is 15.5. The number of aromatic nitrogens is 2. The lowest BCUT2D eigenvalue weighted by Gasteiger charge is -2.39. The first-order chi connectivity index (χ1) is 20.6. The number of benzene rings is 2. The molecule has 232 valence electrons.